The van der Waals surface area contributed by atoms with Crippen molar-refractivity contribution in [3.05, 3.63) is 37.9 Å². The Hall–Kier alpha value is -1.38. The van der Waals surface area contributed by atoms with Crippen molar-refractivity contribution in [2.45, 2.75) is 0 Å². The molecule has 20 heavy (non-hydrogen) atoms. The van der Waals surface area contributed by atoms with Crippen LogP contribution in [0.5, 0.6) is 0 Å². The van der Waals surface area contributed by atoms with E-state index in [0.717, 1.165) is 12.3 Å². The molecule has 10 heteroatoms. The highest BCUT2D eigenvalue weighted by Crippen LogP contribution is 2.32. The maximum absolute atomic E-state index is 11.7. The SMILES string of the molecule is CS(=O)(=O)CCNC(=O)c1cc(Cl)c(Cl)c([N+](=O)[O-])c1. The molecule has 0 aromatic heterocycles. The van der Waals surface area contributed by atoms with Gasteiger partial charge in [0.15, 0.2) is 0 Å². The number of hydrogen-bond acceptors (Lipinski definition) is 5. The van der Waals surface area contributed by atoms with Crippen molar-refractivity contribution < 1.29 is 18.1 Å². The molecule has 0 heterocycles. The first-order chi connectivity index (χ1) is 9.11. The largest absolute Gasteiger partial charge is 0.351 e. The summed E-state index contributed by atoms with van der Waals surface area (Å²) in [6, 6.07) is 2.15. The Morgan fingerprint density at radius 1 is 1.40 bits per heavy atom. The molecule has 110 valence electrons. The van der Waals surface area contributed by atoms with Crippen molar-refractivity contribution in [2.24, 2.45) is 0 Å². The summed E-state index contributed by atoms with van der Waals surface area (Å²) in [6.07, 6.45) is 1.03. The van der Waals surface area contributed by atoms with E-state index in [9.17, 15) is 23.3 Å². The molecular formula is C10H10Cl2N2O5S. The van der Waals surface area contributed by atoms with Gasteiger partial charge in [-0.3, -0.25) is 14.9 Å². The van der Waals surface area contributed by atoms with Gasteiger partial charge in [-0.1, -0.05) is 23.2 Å². The summed E-state index contributed by atoms with van der Waals surface area (Å²) < 4.78 is 21.8. The molecule has 0 fully saturated rings. The monoisotopic (exact) mass is 340 g/mol. The zero-order valence-corrected chi connectivity index (χ0v) is 12.5. The van der Waals surface area contributed by atoms with Crippen molar-refractivity contribution in [3.63, 3.8) is 0 Å². The second kappa shape index (κ2) is 6.38. The first-order valence-electron chi connectivity index (χ1n) is 5.21. The zero-order chi connectivity index (χ0) is 15.5. The van der Waals surface area contributed by atoms with Crippen molar-refractivity contribution in [1.29, 1.82) is 0 Å². The van der Waals surface area contributed by atoms with Crippen LogP contribution in [0, 0.1) is 10.1 Å². The molecule has 0 aliphatic carbocycles. The smallest absolute Gasteiger partial charge is 0.290 e. The van der Waals surface area contributed by atoms with E-state index < -0.39 is 26.4 Å². The molecule has 0 aliphatic rings. The molecule has 0 unspecified atom stereocenters. The fourth-order valence-corrected chi connectivity index (χ4v) is 2.16. The number of benzene rings is 1. The van der Waals surface area contributed by atoms with Crippen LogP contribution in [-0.4, -0.2) is 37.8 Å². The number of nitro benzene ring substituents is 1. The number of carbonyl (C=O) groups excluding carboxylic acids is 1. The van der Waals surface area contributed by atoms with E-state index in [1.54, 1.807) is 0 Å². The van der Waals surface area contributed by atoms with Crippen LogP contribution in [0.25, 0.3) is 0 Å². The number of sulfone groups is 1. The van der Waals surface area contributed by atoms with Gasteiger partial charge in [-0.25, -0.2) is 8.42 Å². The lowest BCUT2D eigenvalue weighted by atomic mass is 10.2. The molecule has 1 amide bonds. The highest BCUT2D eigenvalue weighted by atomic mass is 35.5. The van der Waals surface area contributed by atoms with Crippen molar-refractivity contribution in [1.82, 2.24) is 5.32 Å². The molecule has 0 saturated heterocycles. The number of nitrogens with one attached hydrogen (secondary N) is 1. The second-order valence-electron chi connectivity index (χ2n) is 3.93. The van der Waals surface area contributed by atoms with Gasteiger partial charge in [0.05, 0.1) is 15.7 Å². The highest BCUT2D eigenvalue weighted by Gasteiger charge is 2.20. The molecule has 0 atom stereocenters. The van der Waals surface area contributed by atoms with Gasteiger partial charge in [0.2, 0.25) is 0 Å². The van der Waals surface area contributed by atoms with Gasteiger partial charge in [0.25, 0.3) is 11.6 Å². The van der Waals surface area contributed by atoms with E-state index >= 15 is 0 Å². The van der Waals surface area contributed by atoms with Crippen LogP contribution in [0.15, 0.2) is 12.1 Å². The lowest BCUT2D eigenvalue weighted by molar-refractivity contribution is -0.384. The number of nitrogens with zero attached hydrogens (tertiary/aromatic N) is 1. The summed E-state index contributed by atoms with van der Waals surface area (Å²) in [5, 5.41) is 12.7. The predicted molar refractivity (Wildman–Crippen MR) is 75.2 cm³/mol. The first kappa shape index (κ1) is 16.7. The molecule has 7 nitrogen and oxygen atoms in total. The normalized spacial score (nSPS) is 11.2. The van der Waals surface area contributed by atoms with E-state index in [0.29, 0.717) is 0 Å². The molecule has 1 aromatic carbocycles. The Morgan fingerprint density at radius 2 is 2.00 bits per heavy atom. The van der Waals surface area contributed by atoms with Gasteiger partial charge in [-0.15, -0.1) is 0 Å². The fourth-order valence-electron chi connectivity index (χ4n) is 1.29. The fraction of sp³-hybridized carbons (Fsp3) is 0.300. The summed E-state index contributed by atoms with van der Waals surface area (Å²) in [6.45, 7) is -0.105. The predicted octanol–water partition coefficient (Wildman–Crippen LogP) is 1.68. The number of rotatable bonds is 5. The second-order valence-corrected chi connectivity index (χ2v) is 6.98. The van der Waals surface area contributed by atoms with Gasteiger partial charge in [0, 0.05) is 24.4 Å². The number of amides is 1. The zero-order valence-electron chi connectivity index (χ0n) is 10.2. The Balaban J connectivity index is 2.91. The third-order valence-corrected chi connectivity index (χ3v) is 3.96. The van der Waals surface area contributed by atoms with Crippen LogP contribution in [0.2, 0.25) is 10.0 Å². The van der Waals surface area contributed by atoms with Crippen LogP contribution in [-0.2, 0) is 9.84 Å². The van der Waals surface area contributed by atoms with E-state index in [1.807, 2.05) is 0 Å². The van der Waals surface area contributed by atoms with Crippen LogP contribution >= 0.6 is 23.2 Å². The quantitative estimate of drug-likeness (QED) is 0.648. The van der Waals surface area contributed by atoms with Gasteiger partial charge in [-0.2, -0.15) is 0 Å². The van der Waals surface area contributed by atoms with Gasteiger partial charge >= 0.3 is 0 Å². The standard InChI is InChI=1S/C10H10Cl2N2O5S/c1-20(18,19)3-2-13-10(15)6-4-7(11)9(12)8(5-6)14(16)17/h4-5H,2-3H2,1H3,(H,13,15). The minimum absolute atomic E-state index is 0.0698. The molecule has 0 bridgehead atoms. The molecule has 0 radical (unpaired) electrons. The van der Waals surface area contributed by atoms with E-state index in [-0.39, 0.29) is 27.9 Å². The Labute approximate surface area is 124 Å². The Morgan fingerprint density at radius 3 is 2.50 bits per heavy atom. The summed E-state index contributed by atoms with van der Waals surface area (Å²) in [5.74, 6) is -0.905. The lowest BCUT2D eigenvalue weighted by Gasteiger charge is -2.06. The summed E-state index contributed by atoms with van der Waals surface area (Å²) >= 11 is 11.3. The number of halogens is 2. The summed E-state index contributed by atoms with van der Waals surface area (Å²) in [5.41, 5.74) is -0.563. The van der Waals surface area contributed by atoms with Gasteiger partial charge < -0.3 is 5.32 Å². The topological polar surface area (TPSA) is 106 Å². The summed E-state index contributed by atoms with van der Waals surface area (Å²) in [7, 11) is -3.21. The van der Waals surface area contributed by atoms with Crippen LogP contribution < -0.4 is 5.32 Å². The van der Waals surface area contributed by atoms with Crippen LogP contribution in [0.1, 0.15) is 10.4 Å². The molecular weight excluding hydrogens is 331 g/mol. The first-order valence-corrected chi connectivity index (χ1v) is 8.03. The lowest BCUT2D eigenvalue weighted by Crippen LogP contribution is -2.28. The molecule has 0 spiro atoms. The third kappa shape index (κ3) is 4.62. The molecule has 1 rings (SSSR count). The van der Waals surface area contributed by atoms with E-state index in [1.165, 1.54) is 6.07 Å². The Bertz CT molecular complexity index is 660. The minimum atomic E-state index is -3.21. The maximum Gasteiger partial charge on any atom is 0.290 e. The summed E-state index contributed by atoms with van der Waals surface area (Å²) in [4.78, 5) is 21.7. The highest BCUT2D eigenvalue weighted by molar-refractivity contribution is 7.90. The van der Waals surface area contributed by atoms with Crippen LogP contribution in [0.3, 0.4) is 0 Å². The Kier molecular flexibility index (Phi) is 5.32. The van der Waals surface area contributed by atoms with Crippen molar-refractivity contribution in [2.75, 3.05) is 18.6 Å². The van der Waals surface area contributed by atoms with Gasteiger partial charge in [-0.05, 0) is 6.07 Å². The average Bonchev–Trinajstić information content (AvgIpc) is 2.30. The van der Waals surface area contributed by atoms with Crippen molar-refractivity contribution in [3.8, 4) is 0 Å². The maximum atomic E-state index is 11.7. The van der Waals surface area contributed by atoms with Gasteiger partial charge in [0.1, 0.15) is 14.9 Å². The van der Waals surface area contributed by atoms with Crippen LogP contribution in [0.4, 0.5) is 5.69 Å². The average molecular weight is 341 g/mol. The molecule has 0 aliphatic heterocycles. The number of hydrogen-bond donors (Lipinski definition) is 1. The molecule has 0 saturated carbocycles. The van der Waals surface area contributed by atoms with Crippen molar-refractivity contribution >= 4 is 44.6 Å². The minimum Gasteiger partial charge on any atom is -0.351 e. The number of carbonyl (C=O) groups is 1. The third-order valence-electron chi connectivity index (χ3n) is 2.23. The molecule has 1 N–H and O–H groups in total. The number of nitro groups is 1. The van der Waals surface area contributed by atoms with E-state index in [4.69, 9.17) is 23.2 Å². The van der Waals surface area contributed by atoms with E-state index in [2.05, 4.69) is 5.32 Å². The molecule has 1 aromatic rings.